The molecular weight excluding hydrogens is 364 g/mol. The molecule has 4 aromatic rings. The first-order valence-corrected chi connectivity index (χ1v) is 10.9. The quantitative estimate of drug-likeness (QED) is 0.354. The topological polar surface area (TPSA) is 13.1 Å². The Kier molecular flexibility index (Phi) is 4.02. The van der Waals surface area contributed by atoms with Gasteiger partial charge in [-0.25, -0.2) is 0 Å². The summed E-state index contributed by atoms with van der Waals surface area (Å²) in [6.45, 7) is 2.01. The molecule has 1 heterocycles. The summed E-state index contributed by atoms with van der Waals surface area (Å²) in [5.74, 6) is 1.98. The fourth-order valence-corrected chi connectivity index (χ4v) is 5.12. The van der Waals surface area contributed by atoms with Crippen LogP contribution < -0.4 is 0 Å². The molecule has 0 spiro atoms. The minimum Gasteiger partial charge on any atom is -0.462 e. The number of hydrogen-bond acceptors (Lipinski definition) is 1. The molecule has 1 nitrogen and oxygen atoms in total. The van der Waals surface area contributed by atoms with Crippen LogP contribution in [0.3, 0.4) is 0 Å². The van der Waals surface area contributed by atoms with Gasteiger partial charge in [0.25, 0.3) is 0 Å². The van der Waals surface area contributed by atoms with Gasteiger partial charge >= 0.3 is 0 Å². The van der Waals surface area contributed by atoms with Crippen LogP contribution in [0.4, 0.5) is 0 Å². The highest BCUT2D eigenvalue weighted by molar-refractivity contribution is 5.94. The third-order valence-electron chi connectivity index (χ3n) is 6.56. The Balaban J connectivity index is 1.47. The van der Waals surface area contributed by atoms with Gasteiger partial charge in [-0.15, -0.1) is 0 Å². The zero-order valence-electron chi connectivity index (χ0n) is 17.2. The van der Waals surface area contributed by atoms with Crippen LogP contribution in [0.25, 0.3) is 33.9 Å². The maximum atomic E-state index is 5.94. The number of allylic oxidation sites excluding steroid dienone is 1. The molecule has 6 rings (SSSR count). The minimum absolute atomic E-state index is 0.963. The number of benzene rings is 3. The Hall–Kier alpha value is -3.32. The SMILES string of the molecule is Cc1ccc(C2=Cc3c(cc4c(c3-c3ccc(-c5ccccc5)cc3)CCC4)C2)o1. The first-order chi connectivity index (χ1) is 14.8. The van der Waals surface area contributed by atoms with Crippen molar-refractivity contribution in [3.05, 3.63) is 107 Å². The first-order valence-electron chi connectivity index (χ1n) is 10.9. The van der Waals surface area contributed by atoms with Crippen molar-refractivity contribution in [2.45, 2.75) is 32.6 Å². The normalized spacial score (nSPS) is 14.5. The molecule has 146 valence electrons. The lowest BCUT2D eigenvalue weighted by Gasteiger charge is -2.15. The Bertz CT molecular complexity index is 1270. The second-order valence-corrected chi connectivity index (χ2v) is 8.52. The Morgan fingerprint density at radius 1 is 0.733 bits per heavy atom. The summed E-state index contributed by atoms with van der Waals surface area (Å²) in [5.41, 5.74) is 12.5. The monoisotopic (exact) mass is 388 g/mol. The Labute approximate surface area is 177 Å². The maximum absolute atomic E-state index is 5.94. The maximum Gasteiger partial charge on any atom is 0.130 e. The second kappa shape index (κ2) is 6.88. The summed E-state index contributed by atoms with van der Waals surface area (Å²) < 4.78 is 5.94. The zero-order valence-corrected chi connectivity index (χ0v) is 17.2. The van der Waals surface area contributed by atoms with Crippen LogP contribution >= 0.6 is 0 Å². The zero-order chi connectivity index (χ0) is 20.1. The van der Waals surface area contributed by atoms with Gasteiger partial charge in [-0.3, -0.25) is 0 Å². The molecule has 0 aliphatic heterocycles. The molecule has 0 unspecified atom stereocenters. The molecule has 0 saturated carbocycles. The van der Waals surface area contributed by atoms with Gasteiger partial charge in [0, 0.05) is 6.42 Å². The second-order valence-electron chi connectivity index (χ2n) is 8.52. The molecule has 1 heteroatoms. The highest BCUT2D eigenvalue weighted by Crippen LogP contribution is 2.44. The van der Waals surface area contributed by atoms with Crippen molar-refractivity contribution in [3.63, 3.8) is 0 Å². The van der Waals surface area contributed by atoms with Crippen molar-refractivity contribution < 1.29 is 4.42 Å². The highest BCUT2D eigenvalue weighted by Gasteiger charge is 2.26. The summed E-state index contributed by atoms with van der Waals surface area (Å²) in [5, 5.41) is 0. The lowest BCUT2D eigenvalue weighted by molar-refractivity contribution is 0.521. The predicted molar refractivity (Wildman–Crippen MR) is 124 cm³/mol. The molecule has 2 aliphatic carbocycles. The first kappa shape index (κ1) is 17.5. The molecule has 2 aliphatic rings. The number of aryl methyl sites for hydroxylation is 2. The summed E-state index contributed by atoms with van der Waals surface area (Å²) in [7, 11) is 0. The number of hydrogen-bond donors (Lipinski definition) is 0. The van der Waals surface area contributed by atoms with Crippen molar-refractivity contribution in [2.75, 3.05) is 0 Å². The van der Waals surface area contributed by atoms with E-state index in [1.807, 2.05) is 6.92 Å². The van der Waals surface area contributed by atoms with E-state index >= 15 is 0 Å². The van der Waals surface area contributed by atoms with E-state index in [4.69, 9.17) is 4.42 Å². The van der Waals surface area contributed by atoms with Gasteiger partial charge in [-0.2, -0.15) is 0 Å². The van der Waals surface area contributed by atoms with Crippen molar-refractivity contribution in [1.82, 2.24) is 0 Å². The Morgan fingerprint density at radius 2 is 1.50 bits per heavy atom. The molecule has 3 aromatic carbocycles. The molecule has 0 amide bonds. The highest BCUT2D eigenvalue weighted by atomic mass is 16.3. The van der Waals surface area contributed by atoms with Gasteiger partial charge < -0.3 is 4.42 Å². The predicted octanol–water partition coefficient (Wildman–Crippen LogP) is 7.51. The molecule has 0 bridgehead atoms. The van der Waals surface area contributed by atoms with Gasteiger partial charge in [0.1, 0.15) is 11.5 Å². The van der Waals surface area contributed by atoms with Gasteiger partial charge in [-0.05, 0) is 94.5 Å². The molecule has 0 fully saturated rings. The molecule has 0 saturated heterocycles. The number of rotatable bonds is 3. The van der Waals surface area contributed by atoms with Crippen molar-refractivity contribution >= 4 is 11.6 Å². The van der Waals surface area contributed by atoms with Crippen LogP contribution in [-0.4, -0.2) is 0 Å². The molecule has 0 N–H and O–H groups in total. The fraction of sp³-hybridized carbons (Fsp3) is 0.172. The van der Waals surface area contributed by atoms with Crippen LogP contribution in [0.15, 0.2) is 77.2 Å². The van der Waals surface area contributed by atoms with E-state index in [0.29, 0.717) is 0 Å². The summed E-state index contributed by atoms with van der Waals surface area (Å²) >= 11 is 0. The third-order valence-corrected chi connectivity index (χ3v) is 6.56. The van der Waals surface area contributed by atoms with Gasteiger partial charge in [0.05, 0.1) is 0 Å². The number of fused-ring (bicyclic) bond motifs is 2. The van der Waals surface area contributed by atoms with Crippen LogP contribution in [0, 0.1) is 6.92 Å². The van der Waals surface area contributed by atoms with Gasteiger partial charge in [0.15, 0.2) is 0 Å². The van der Waals surface area contributed by atoms with E-state index in [9.17, 15) is 0 Å². The Morgan fingerprint density at radius 3 is 2.27 bits per heavy atom. The summed E-state index contributed by atoms with van der Waals surface area (Å²) in [4.78, 5) is 0. The molecule has 1 aromatic heterocycles. The largest absolute Gasteiger partial charge is 0.462 e. The van der Waals surface area contributed by atoms with E-state index in [1.54, 1.807) is 11.1 Å². The van der Waals surface area contributed by atoms with Crippen LogP contribution in [0.2, 0.25) is 0 Å². The summed E-state index contributed by atoms with van der Waals surface area (Å²) in [6.07, 6.45) is 6.98. The smallest absolute Gasteiger partial charge is 0.130 e. The lowest BCUT2D eigenvalue weighted by Crippen LogP contribution is -1.96. The van der Waals surface area contributed by atoms with E-state index in [1.165, 1.54) is 58.2 Å². The fourth-order valence-electron chi connectivity index (χ4n) is 5.12. The summed E-state index contributed by atoms with van der Waals surface area (Å²) in [6, 6.07) is 26.4. The van der Waals surface area contributed by atoms with E-state index < -0.39 is 0 Å². The molecular formula is C29H24O. The van der Waals surface area contributed by atoms with Crippen LogP contribution in [0.1, 0.15) is 40.2 Å². The van der Waals surface area contributed by atoms with Gasteiger partial charge in [0.2, 0.25) is 0 Å². The van der Waals surface area contributed by atoms with Crippen molar-refractivity contribution in [3.8, 4) is 22.3 Å². The van der Waals surface area contributed by atoms with E-state index in [2.05, 4.69) is 78.9 Å². The standard InChI is InChI=1S/C29H24O/c1-19-10-15-28(30-19)25-17-24-16-23-8-5-9-26(23)29(27(24)18-25)22-13-11-21(12-14-22)20-6-3-2-4-7-20/h2-4,6-7,10-16,18H,5,8-9,17H2,1H3. The number of furan rings is 1. The average Bonchev–Trinajstić information content (AvgIpc) is 3.52. The molecule has 30 heavy (non-hydrogen) atoms. The van der Waals surface area contributed by atoms with Gasteiger partial charge in [-0.1, -0.05) is 60.7 Å². The lowest BCUT2D eigenvalue weighted by atomic mass is 9.89. The van der Waals surface area contributed by atoms with Crippen molar-refractivity contribution in [1.29, 1.82) is 0 Å². The van der Waals surface area contributed by atoms with E-state index in [0.717, 1.165) is 17.9 Å². The van der Waals surface area contributed by atoms with E-state index in [-0.39, 0.29) is 0 Å². The third kappa shape index (κ3) is 2.85. The molecule has 0 radical (unpaired) electrons. The van der Waals surface area contributed by atoms with Crippen molar-refractivity contribution in [2.24, 2.45) is 0 Å². The van der Waals surface area contributed by atoms with Crippen LogP contribution in [-0.2, 0) is 19.3 Å². The minimum atomic E-state index is 0.963. The average molecular weight is 389 g/mol. The molecule has 0 atom stereocenters. The van der Waals surface area contributed by atoms with Crippen LogP contribution in [0.5, 0.6) is 0 Å².